The van der Waals surface area contributed by atoms with Gasteiger partial charge < -0.3 is 10.2 Å². The molecule has 6 rings (SSSR count). The molecule has 0 amide bonds. The summed E-state index contributed by atoms with van der Waals surface area (Å²) in [4.78, 5) is 41.1. The Morgan fingerprint density at radius 2 is 1.07 bits per heavy atom. The lowest BCUT2D eigenvalue weighted by atomic mass is 9.79. The molecular weight excluding hydrogens is 548 g/mol. The minimum Gasteiger partial charge on any atom is -0.378 e. The van der Waals surface area contributed by atoms with Crippen molar-refractivity contribution in [1.82, 2.24) is 9.97 Å². The third-order valence-electron chi connectivity index (χ3n) is 6.95. The van der Waals surface area contributed by atoms with Crippen molar-refractivity contribution < 1.29 is 29.4 Å². The van der Waals surface area contributed by atoms with E-state index in [9.17, 15) is 10.2 Å². The van der Waals surface area contributed by atoms with Crippen molar-refractivity contribution in [3.8, 4) is 0 Å². The molecule has 2 atom stereocenters. The molecule has 0 unspecified atom stereocenters. The number of benzene rings is 2. The fourth-order valence-corrected chi connectivity index (χ4v) is 6.86. The van der Waals surface area contributed by atoms with Gasteiger partial charge in [-0.15, -0.1) is 22.7 Å². The molecule has 0 bridgehead atoms. The Morgan fingerprint density at radius 1 is 0.700 bits per heavy atom. The van der Waals surface area contributed by atoms with E-state index in [0.717, 1.165) is 59.7 Å². The zero-order valence-electron chi connectivity index (χ0n) is 22.3. The second-order valence-electron chi connectivity index (χ2n) is 9.59. The summed E-state index contributed by atoms with van der Waals surface area (Å²) < 4.78 is 0. The predicted octanol–water partition coefficient (Wildman–Crippen LogP) is 4.88. The van der Waals surface area contributed by atoms with Crippen molar-refractivity contribution in [1.29, 1.82) is 0 Å². The van der Waals surface area contributed by atoms with Crippen molar-refractivity contribution in [3.05, 3.63) is 103 Å². The highest BCUT2D eigenvalue weighted by Gasteiger charge is 2.39. The largest absolute Gasteiger partial charge is 0.378 e. The second kappa shape index (κ2) is 14.1. The van der Waals surface area contributed by atoms with Gasteiger partial charge in [0.25, 0.3) is 0 Å². The van der Waals surface area contributed by atoms with E-state index in [0.29, 0.717) is 0 Å². The fourth-order valence-electron chi connectivity index (χ4n) is 5.30. The number of hydrogen-bond donors (Lipinski definition) is 2. The van der Waals surface area contributed by atoms with Gasteiger partial charge in [0.15, 0.2) is 0 Å². The summed E-state index contributed by atoms with van der Waals surface area (Å²) in [7, 11) is 0. The molecule has 2 aliphatic rings. The molecule has 2 aliphatic carbocycles. The Bertz CT molecular complexity index is 1350. The van der Waals surface area contributed by atoms with E-state index in [-0.39, 0.29) is 12.3 Å². The first-order chi connectivity index (χ1) is 19.2. The van der Waals surface area contributed by atoms with E-state index in [1.807, 2.05) is 10.8 Å². The Kier molecular flexibility index (Phi) is 10.9. The SMILES string of the molecule is Cc1ccc2c(c1)CCC[C@@]2(O)c1nccs1.Cc1ccc2c(c1)CCC[C@]2(O)c1nccs1.O=C=O.O=C=O. The van der Waals surface area contributed by atoms with Crippen LogP contribution in [0.5, 0.6) is 0 Å². The van der Waals surface area contributed by atoms with Gasteiger partial charge in [0.05, 0.1) is 0 Å². The summed E-state index contributed by atoms with van der Waals surface area (Å²) in [5.74, 6) is 0. The van der Waals surface area contributed by atoms with Crippen LogP contribution < -0.4 is 0 Å². The van der Waals surface area contributed by atoms with Crippen molar-refractivity contribution in [2.45, 2.75) is 63.6 Å². The monoisotopic (exact) mass is 578 g/mol. The van der Waals surface area contributed by atoms with Crippen LogP contribution in [-0.4, -0.2) is 32.5 Å². The van der Waals surface area contributed by atoms with Gasteiger partial charge in [-0.3, -0.25) is 0 Å². The Hall–Kier alpha value is -3.62. The molecule has 2 aromatic heterocycles. The molecule has 0 saturated heterocycles. The molecule has 0 spiro atoms. The van der Waals surface area contributed by atoms with Crippen LogP contribution in [0.15, 0.2) is 59.6 Å². The van der Waals surface area contributed by atoms with Crippen molar-refractivity contribution in [3.63, 3.8) is 0 Å². The number of carbonyl (C=O) groups excluding carboxylic acids is 4. The van der Waals surface area contributed by atoms with Crippen LogP contribution in [0.4, 0.5) is 0 Å². The standard InChI is InChI=1S/2C14H15NOS.2CO2/c2*1-10-4-5-12-11(9-10)3-2-6-14(12,16)13-15-7-8-17-13;2*2-1-3/h2*4-5,7-9,16H,2-3,6H2,1H3;;/t2*14-;;/m10../s1. The summed E-state index contributed by atoms with van der Waals surface area (Å²) in [5, 5.41) is 27.3. The van der Waals surface area contributed by atoms with Gasteiger partial charge >= 0.3 is 12.3 Å². The fraction of sp³-hybridized carbons (Fsp3) is 0.333. The average molecular weight is 579 g/mol. The topological polar surface area (TPSA) is 135 Å². The zero-order valence-corrected chi connectivity index (χ0v) is 23.9. The number of aryl methyl sites for hydroxylation is 4. The maximum atomic E-state index is 10.9. The van der Waals surface area contributed by atoms with Crippen LogP contribution in [0, 0.1) is 13.8 Å². The van der Waals surface area contributed by atoms with Gasteiger partial charge in [0, 0.05) is 23.2 Å². The molecule has 8 nitrogen and oxygen atoms in total. The molecule has 0 aliphatic heterocycles. The second-order valence-corrected chi connectivity index (χ2v) is 11.4. The van der Waals surface area contributed by atoms with Crippen LogP contribution in [0.1, 0.15) is 69.1 Å². The molecule has 4 aromatic rings. The molecule has 0 radical (unpaired) electrons. The summed E-state index contributed by atoms with van der Waals surface area (Å²) in [6, 6.07) is 12.6. The Balaban J connectivity index is 0.000000185. The number of nitrogens with zero attached hydrogens (tertiary/aromatic N) is 2. The summed E-state index contributed by atoms with van der Waals surface area (Å²) in [6.45, 7) is 4.19. The number of aromatic nitrogens is 2. The van der Waals surface area contributed by atoms with Crippen LogP contribution in [-0.2, 0) is 43.2 Å². The molecule has 2 N–H and O–H groups in total. The van der Waals surface area contributed by atoms with Crippen LogP contribution in [0.2, 0.25) is 0 Å². The third kappa shape index (κ3) is 6.92. The number of aliphatic hydroxyl groups is 2. The summed E-state index contributed by atoms with van der Waals surface area (Å²) in [6.07, 6.45) is 9.74. The number of fused-ring (bicyclic) bond motifs is 2. The molecule has 2 aromatic carbocycles. The van der Waals surface area contributed by atoms with E-state index in [4.69, 9.17) is 19.2 Å². The lowest BCUT2D eigenvalue weighted by Crippen LogP contribution is -2.31. The van der Waals surface area contributed by atoms with E-state index in [2.05, 4.69) is 60.2 Å². The van der Waals surface area contributed by atoms with Gasteiger partial charge in [-0.2, -0.15) is 19.2 Å². The van der Waals surface area contributed by atoms with Crippen LogP contribution in [0.25, 0.3) is 0 Å². The average Bonchev–Trinajstić information content (AvgIpc) is 3.66. The third-order valence-corrected chi connectivity index (χ3v) is 8.80. The van der Waals surface area contributed by atoms with Gasteiger partial charge in [-0.25, -0.2) is 9.97 Å². The first kappa shape index (κ1) is 30.9. The summed E-state index contributed by atoms with van der Waals surface area (Å²) >= 11 is 3.07. The Morgan fingerprint density at radius 3 is 1.40 bits per heavy atom. The molecule has 208 valence electrons. The molecule has 40 heavy (non-hydrogen) atoms. The molecule has 2 heterocycles. The van der Waals surface area contributed by atoms with Gasteiger partial charge in [0.2, 0.25) is 0 Å². The van der Waals surface area contributed by atoms with E-state index >= 15 is 0 Å². The van der Waals surface area contributed by atoms with Crippen molar-refractivity contribution in [2.24, 2.45) is 0 Å². The molecule has 10 heteroatoms. The molecule has 0 saturated carbocycles. The lowest BCUT2D eigenvalue weighted by molar-refractivity contribution is -0.193. The van der Waals surface area contributed by atoms with E-state index < -0.39 is 11.2 Å². The van der Waals surface area contributed by atoms with Crippen LogP contribution >= 0.6 is 22.7 Å². The molecular formula is C30H30N2O6S2. The number of rotatable bonds is 2. The first-order valence-electron chi connectivity index (χ1n) is 12.7. The minimum atomic E-state index is -0.866. The van der Waals surface area contributed by atoms with Crippen LogP contribution in [0.3, 0.4) is 0 Å². The lowest BCUT2D eigenvalue weighted by Gasteiger charge is -2.33. The quantitative estimate of drug-likeness (QED) is 0.344. The normalized spacial score (nSPS) is 20.3. The van der Waals surface area contributed by atoms with Gasteiger partial charge in [-0.05, 0) is 74.6 Å². The highest BCUT2D eigenvalue weighted by molar-refractivity contribution is 7.10. The van der Waals surface area contributed by atoms with Gasteiger partial charge in [-0.1, -0.05) is 47.5 Å². The number of hydrogen-bond acceptors (Lipinski definition) is 10. The maximum Gasteiger partial charge on any atom is 0.373 e. The van der Waals surface area contributed by atoms with E-state index in [1.54, 1.807) is 12.4 Å². The van der Waals surface area contributed by atoms with Crippen molar-refractivity contribution in [2.75, 3.05) is 0 Å². The van der Waals surface area contributed by atoms with Gasteiger partial charge in [0.1, 0.15) is 21.2 Å². The summed E-state index contributed by atoms with van der Waals surface area (Å²) in [5.41, 5.74) is 5.42. The zero-order chi connectivity index (χ0) is 29.2. The van der Waals surface area contributed by atoms with E-state index in [1.165, 1.54) is 44.9 Å². The highest BCUT2D eigenvalue weighted by Crippen LogP contribution is 2.42. The predicted molar refractivity (Wildman–Crippen MR) is 148 cm³/mol. The Labute approximate surface area is 240 Å². The maximum absolute atomic E-state index is 10.9. The minimum absolute atomic E-state index is 0.250. The first-order valence-corrected chi connectivity index (χ1v) is 14.4. The number of thiazole rings is 2. The smallest absolute Gasteiger partial charge is 0.373 e. The van der Waals surface area contributed by atoms with Crippen molar-refractivity contribution >= 4 is 35.0 Å². The highest BCUT2D eigenvalue weighted by atomic mass is 32.1. The molecule has 0 fully saturated rings.